The quantitative estimate of drug-likeness (QED) is 0.867. The minimum atomic E-state index is 0.746. The van der Waals surface area contributed by atoms with Gasteiger partial charge >= 0.3 is 0 Å². The van der Waals surface area contributed by atoms with Gasteiger partial charge < -0.3 is 4.90 Å². The lowest BCUT2D eigenvalue weighted by Crippen LogP contribution is -2.34. The van der Waals surface area contributed by atoms with Crippen LogP contribution in [-0.2, 0) is 6.54 Å². The van der Waals surface area contributed by atoms with Crippen LogP contribution in [0.25, 0.3) is 5.78 Å². The monoisotopic (exact) mass is 328 g/mol. The molecule has 2 fully saturated rings. The van der Waals surface area contributed by atoms with Gasteiger partial charge in [0.05, 0.1) is 6.54 Å². The maximum atomic E-state index is 4.81. The van der Waals surface area contributed by atoms with Crippen LogP contribution in [0.2, 0.25) is 0 Å². The van der Waals surface area contributed by atoms with Gasteiger partial charge in [-0.2, -0.15) is 9.50 Å². The van der Waals surface area contributed by atoms with E-state index >= 15 is 0 Å². The van der Waals surface area contributed by atoms with Crippen LogP contribution in [0.3, 0.4) is 0 Å². The van der Waals surface area contributed by atoms with Crippen LogP contribution < -0.4 is 4.90 Å². The first kappa shape index (κ1) is 15.8. The molecule has 0 spiro atoms. The summed E-state index contributed by atoms with van der Waals surface area (Å²) in [7, 11) is 0. The smallest absolute Gasteiger partial charge is 0.254 e. The average Bonchev–Trinajstić information content (AvgIpc) is 2.97. The fraction of sp³-hybridized carbons (Fsp3) is 0.722. The summed E-state index contributed by atoms with van der Waals surface area (Å²) in [4.78, 5) is 14.2. The van der Waals surface area contributed by atoms with Crippen molar-refractivity contribution in [3.05, 3.63) is 17.6 Å². The summed E-state index contributed by atoms with van der Waals surface area (Å²) in [5.74, 6) is 3.58. The first-order chi connectivity index (χ1) is 11.7. The van der Waals surface area contributed by atoms with Gasteiger partial charge in [0.2, 0.25) is 0 Å². The van der Waals surface area contributed by atoms with E-state index in [1.807, 2.05) is 11.4 Å². The third-order valence-corrected chi connectivity index (χ3v) is 5.25. The first-order valence-corrected chi connectivity index (χ1v) is 9.39. The van der Waals surface area contributed by atoms with E-state index in [-0.39, 0.29) is 0 Å². The van der Waals surface area contributed by atoms with E-state index in [0.717, 1.165) is 61.8 Å². The molecule has 0 amide bonds. The number of hydrogen-bond donors (Lipinski definition) is 0. The predicted molar refractivity (Wildman–Crippen MR) is 95.3 cm³/mol. The molecule has 2 aromatic heterocycles. The van der Waals surface area contributed by atoms with Crippen molar-refractivity contribution < 1.29 is 0 Å². The standard InChI is InChI=1S/C18H28N6/c1-14-7-6-8-22(12-14)13-16-20-18-19-15(2)11-17(24(18)21-16)23-9-4-3-5-10-23/h11,14H,3-10,12-13H2,1-2H3/t14-/m1/s1. The first-order valence-electron chi connectivity index (χ1n) is 9.39. The molecule has 2 aliphatic rings. The van der Waals surface area contributed by atoms with Crippen LogP contribution in [0, 0.1) is 12.8 Å². The Morgan fingerprint density at radius 1 is 1.08 bits per heavy atom. The van der Waals surface area contributed by atoms with Gasteiger partial charge in [0.15, 0.2) is 5.82 Å². The number of anilines is 1. The number of piperidine rings is 2. The van der Waals surface area contributed by atoms with E-state index in [1.54, 1.807) is 0 Å². The molecular weight excluding hydrogens is 300 g/mol. The number of aryl methyl sites for hydroxylation is 1. The van der Waals surface area contributed by atoms with Crippen molar-refractivity contribution >= 4 is 11.6 Å². The maximum absolute atomic E-state index is 4.81. The molecule has 24 heavy (non-hydrogen) atoms. The van der Waals surface area contributed by atoms with E-state index < -0.39 is 0 Å². The number of hydrogen-bond acceptors (Lipinski definition) is 5. The molecule has 0 saturated carbocycles. The number of aromatic nitrogens is 4. The van der Waals surface area contributed by atoms with Gasteiger partial charge in [-0.1, -0.05) is 6.92 Å². The molecule has 4 heterocycles. The fourth-order valence-corrected chi connectivity index (χ4v) is 4.05. The molecule has 2 saturated heterocycles. The summed E-state index contributed by atoms with van der Waals surface area (Å²) in [6.07, 6.45) is 6.48. The summed E-state index contributed by atoms with van der Waals surface area (Å²) in [5, 5.41) is 4.81. The minimum absolute atomic E-state index is 0.746. The molecule has 0 aromatic carbocycles. The number of rotatable bonds is 3. The topological polar surface area (TPSA) is 49.6 Å². The van der Waals surface area contributed by atoms with Gasteiger partial charge in [-0.3, -0.25) is 4.90 Å². The van der Waals surface area contributed by atoms with E-state index in [9.17, 15) is 0 Å². The lowest BCUT2D eigenvalue weighted by molar-refractivity contribution is 0.173. The van der Waals surface area contributed by atoms with Crippen molar-refractivity contribution in [3.8, 4) is 0 Å². The lowest BCUT2D eigenvalue weighted by atomic mass is 10.0. The van der Waals surface area contributed by atoms with Crippen molar-refractivity contribution in [3.63, 3.8) is 0 Å². The molecular formula is C18H28N6. The van der Waals surface area contributed by atoms with Crippen LogP contribution in [0.5, 0.6) is 0 Å². The normalized spacial score (nSPS) is 23.1. The van der Waals surface area contributed by atoms with Crippen LogP contribution in [-0.4, -0.2) is 50.7 Å². The Hall–Kier alpha value is -1.69. The van der Waals surface area contributed by atoms with Crippen molar-refractivity contribution in [2.24, 2.45) is 5.92 Å². The largest absolute Gasteiger partial charge is 0.356 e. The maximum Gasteiger partial charge on any atom is 0.254 e. The Bertz CT molecular complexity index is 703. The van der Waals surface area contributed by atoms with Crippen LogP contribution >= 0.6 is 0 Å². The van der Waals surface area contributed by atoms with Gasteiger partial charge in [0, 0.05) is 31.4 Å². The van der Waals surface area contributed by atoms with Crippen molar-refractivity contribution in [1.29, 1.82) is 0 Å². The van der Waals surface area contributed by atoms with Gasteiger partial charge in [0.25, 0.3) is 5.78 Å². The molecule has 0 bridgehead atoms. The van der Waals surface area contributed by atoms with Crippen LogP contribution in [0.1, 0.15) is 50.5 Å². The van der Waals surface area contributed by atoms with Crippen molar-refractivity contribution in [2.75, 3.05) is 31.1 Å². The molecule has 0 aliphatic carbocycles. The summed E-state index contributed by atoms with van der Waals surface area (Å²) < 4.78 is 1.96. The highest BCUT2D eigenvalue weighted by Crippen LogP contribution is 2.22. The molecule has 2 aromatic rings. The third kappa shape index (κ3) is 3.24. The summed E-state index contributed by atoms with van der Waals surface area (Å²) in [6.45, 7) is 9.75. The molecule has 0 unspecified atom stereocenters. The Labute approximate surface area is 143 Å². The summed E-state index contributed by atoms with van der Waals surface area (Å²) in [5.41, 5.74) is 1.02. The SMILES string of the molecule is Cc1cc(N2CCCCC2)n2nc(CN3CCC[C@@H](C)C3)nc2n1. The zero-order valence-electron chi connectivity index (χ0n) is 14.9. The summed E-state index contributed by atoms with van der Waals surface area (Å²) >= 11 is 0. The second-order valence-corrected chi connectivity index (χ2v) is 7.53. The lowest BCUT2D eigenvalue weighted by Gasteiger charge is -2.29. The zero-order chi connectivity index (χ0) is 16.5. The van der Waals surface area contributed by atoms with Gasteiger partial charge in [0.1, 0.15) is 5.82 Å². The second-order valence-electron chi connectivity index (χ2n) is 7.53. The van der Waals surface area contributed by atoms with E-state index in [2.05, 4.69) is 27.8 Å². The number of likely N-dealkylation sites (tertiary alicyclic amines) is 1. The number of fused-ring (bicyclic) bond motifs is 1. The highest BCUT2D eigenvalue weighted by atomic mass is 15.4. The van der Waals surface area contributed by atoms with Crippen LogP contribution in [0.15, 0.2) is 6.07 Å². The van der Waals surface area contributed by atoms with Crippen LogP contribution in [0.4, 0.5) is 5.82 Å². The molecule has 6 heteroatoms. The van der Waals surface area contributed by atoms with Crippen molar-refractivity contribution in [2.45, 2.75) is 52.5 Å². The second kappa shape index (κ2) is 6.67. The fourth-order valence-electron chi connectivity index (χ4n) is 4.05. The molecule has 0 radical (unpaired) electrons. The van der Waals surface area contributed by atoms with Gasteiger partial charge in [-0.25, -0.2) is 4.98 Å². The molecule has 130 valence electrons. The third-order valence-electron chi connectivity index (χ3n) is 5.25. The summed E-state index contributed by atoms with van der Waals surface area (Å²) in [6, 6.07) is 2.15. The Balaban J connectivity index is 1.61. The van der Waals surface area contributed by atoms with Gasteiger partial charge in [-0.15, -0.1) is 5.10 Å². The zero-order valence-corrected chi connectivity index (χ0v) is 14.9. The van der Waals surface area contributed by atoms with E-state index in [0.29, 0.717) is 0 Å². The Morgan fingerprint density at radius 3 is 2.71 bits per heavy atom. The van der Waals surface area contributed by atoms with E-state index in [4.69, 9.17) is 10.1 Å². The highest BCUT2D eigenvalue weighted by molar-refractivity contribution is 5.47. The molecule has 0 N–H and O–H groups in total. The average molecular weight is 328 g/mol. The minimum Gasteiger partial charge on any atom is -0.356 e. The predicted octanol–water partition coefficient (Wildman–Crippen LogP) is 2.65. The Kier molecular flexibility index (Phi) is 4.39. The van der Waals surface area contributed by atoms with E-state index in [1.165, 1.54) is 32.1 Å². The molecule has 4 rings (SSSR count). The van der Waals surface area contributed by atoms with Gasteiger partial charge in [-0.05, 0) is 51.5 Å². The molecule has 1 atom stereocenters. The molecule has 2 aliphatic heterocycles. The highest BCUT2D eigenvalue weighted by Gasteiger charge is 2.20. The van der Waals surface area contributed by atoms with Crippen molar-refractivity contribution in [1.82, 2.24) is 24.5 Å². The number of nitrogens with zero attached hydrogens (tertiary/aromatic N) is 6. The Morgan fingerprint density at radius 2 is 1.92 bits per heavy atom. The molecule has 6 nitrogen and oxygen atoms in total.